The predicted octanol–water partition coefficient (Wildman–Crippen LogP) is 2.13. The molecule has 0 aliphatic carbocycles. The van der Waals surface area contributed by atoms with Gasteiger partial charge in [0, 0.05) is 25.1 Å². The van der Waals surface area contributed by atoms with E-state index in [-0.39, 0.29) is 5.41 Å². The van der Waals surface area contributed by atoms with Crippen molar-refractivity contribution in [3.63, 3.8) is 0 Å². The summed E-state index contributed by atoms with van der Waals surface area (Å²) in [6.07, 6.45) is 6.12. The van der Waals surface area contributed by atoms with Crippen molar-refractivity contribution in [2.75, 3.05) is 6.54 Å². The maximum absolute atomic E-state index is 6.01. The molecule has 3 nitrogen and oxygen atoms in total. The van der Waals surface area contributed by atoms with Gasteiger partial charge in [-0.15, -0.1) is 0 Å². The number of nitrogens with zero attached hydrogens (tertiary/aromatic N) is 2. The molecule has 88 valence electrons. The summed E-state index contributed by atoms with van der Waals surface area (Å²) in [7, 11) is 0. The van der Waals surface area contributed by atoms with Gasteiger partial charge in [-0.25, -0.2) is 0 Å². The number of hydrogen-bond acceptors (Lipinski definition) is 3. The van der Waals surface area contributed by atoms with E-state index in [1.165, 1.54) is 5.56 Å². The predicted molar refractivity (Wildman–Crippen MR) is 68.6 cm³/mol. The summed E-state index contributed by atoms with van der Waals surface area (Å²) >= 11 is 0. The topological polar surface area (TPSA) is 51.8 Å². The Morgan fingerprint density at radius 3 is 2.47 bits per heavy atom. The highest BCUT2D eigenvalue weighted by Gasteiger charge is 2.32. The quantitative estimate of drug-likeness (QED) is 0.870. The van der Waals surface area contributed by atoms with Crippen LogP contribution in [0.5, 0.6) is 0 Å². The summed E-state index contributed by atoms with van der Waals surface area (Å²) in [6, 6.07) is 10.3. The van der Waals surface area contributed by atoms with Crippen molar-refractivity contribution >= 4 is 0 Å². The largest absolute Gasteiger partial charge is 0.329 e. The van der Waals surface area contributed by atoms with E-state index in [0.29, 0.717) is 6.54 Å². The van der Waals surface area contributed by atoms with Gasteiger partial charge in [-0.3, -0.25) is 9.97 Å². The first-order chi connectivity index (χ1) is 8.33. The number of rotatable bonds is 4. The Kier molecular flexibility index (Phi) is 3.49. The van der Waals surface area contributed by atoms with Crippen molar-refractivity contribution in [1.29, 1.82) is 0 Å². The van der Waals surface area contributed by atoms with Crippen LogP contribution in [0.15, 0.2) is 48.9 Å². The summed E-state index contributed by atoms with van der Waals surface area (Å²) in [5.41, 5.74) is 7.93. The molecule has 1 unspecified atom stereocenters. The van der Waals surface area contributed by atoms with Crippen LogP contribution in [-0.2, 0) is 5.41 Å². The van der Waals surface area contributed by atoms with Gasteiger partial charge in [0.05, 0.1) is 11.1 Å². The zero-order valence-corrected chi connectivity index (χ0v) is 10.0. The molecule has 0 bridgehead atoms. The van der Waals surface area contributed by atoms with Crippen molar-refractivity contribution in [2.24, 2.45) is 5.73 Å². The Bertz CT molecular complexity index is 408. The molecule has 0 saturated carbocycles. The molecule has 0 amide bonds. The van der Waals surface area contributed by atoms with E-state index in [4.69, 9.17) is 5.73 Å². The lowest BCUT2D eigenvalue weighted by Crippen LogP contribution is -2.36. The van der Waals surface area contributed by atoms with E-state index in [9.17, 15) is 0 Å². The smallest absolute Gasteiger partial charge is 0.0704 e. The van der Waals surface area contributed by atoms with Gasteiger partial charge in [-0.05, 0) is 12.0 Å². The van der Waals surface area contributed by atoms with E-state index >= 15 is 0 Å². The highest BCUT2D eigenvalue weighted by atomic mass is 14.8. The van der Waals surface area contributed by atoms with Gasteiger partial charge in [-0.2, -0.15) is 0 Å². The summed E-state index contributed by atoms with van der Waals surface area (Å²) in [4.78, 5) is 8.58. The Morgan fingerprint density at radius 2 is 1.94 bits per heavy atom. The average Bonchev–Trinajstić information content (AvgIpc) is 2.43. The second kappa shape index (κ2) is 5.06. The van der Waals surface area contributed by atoms with Crippen LogP contribution in [0.4, 0.5) is 0 Å². The third-order valence-electron chi connectivity index (χ3n) is 3.33. The molecule has 0 fully saturated rings. The molecule has 1 aromatic heterocycles. The molecule has 0 aliphatic rings. The van der Waals surface area contributed by atoms with Crippen LogP contribution >= 0.6 is 0 Å². The van der Waals surface area contributed by atoms with E-state index in [1.807, 2.05) is 24.4 Å². The molecule has 3 heteroatoms. The first kappa shape index (κ1) is 11.7. The fraction of sp³-hybridized carbons (Fsp3) is 0.286. The third-order valence-corrected chi connectivity index (χ3v) is 3.33. The molecule has 2 aromatic rings. The standard InChI is InChI=1S/C14H17N3/c1-2-14(11-15,12-6-4-3-5-7-12)13-10-16-8-9-17-13/h3-10H,2,11,15H2,1H3. The van der Waals surface area contributed by atoms with Crippen molar-refractivity contribution in [2.45, 2.75) is 18.8 Å². The van der Waals surface area contributed by atoms with Gasteiger partial charge >= 0.3 is 0 Å². The van der Waals surface area contributed by atoms with Gasteiger partial charge in [0.1, 0.15) is 0 Å². The van der Waals surface area contributed by atoms with Gasteiger partial charge in [0.25, 0.3) is 0 Å². The van der Waals surface area contributed by atoms with Crippen LogP contribution in [0.3, 0.4) is 0 Å². The summed E-state index contributed by atoms with van der Waals surface area (Å²) in [6.45, 7) is 2.67. The highest BCUT2D eigenvalue weighted by molar-refractivity contribution is 5.35. The monoisotopic (exact) mass is 227 g/mol. The van der Waals surface area contributed by atoms with Gasteiger partial charge < -0.3 is 5.73 Å². The zero-order valence-electron chi connectivity index (χ0n) is 10.0. The van der Waals surface area contributed by atoms with Crippen molar-refractivity contribution in [3.05, 3.63) is 60.2 Å². The molecule has 1 atom stereocenters. The minimum Gasteiger partial charge on any atom is -0.329 e. The van der Waals surface area contributed by atoms with E-state index in [1.54, 1.807) is 12.4 Å². The minimum atomic E-state index is -0.227. The Hall–Kier alpha value is -1.74. The highest BCUT2D eigenvalue weighted by Crippen LogP contribution is 2.32. The molecule has 17 heavy (non-hydrogen) atoms. The molecule has 0 radical (unpaired) electrons. The molecule has 0 aliphatic heterocycles. The molecule has 1 heterocycles. The first-order valence-electron chi connectivity index (χ1n) is 5.85. The lowest BCUT2D eigenvalue weighted by atomic mass is 9.75. The summed E-state index contributed by atoms with van der Waals surface area (Å²) < 4.78 is 0. The molecule has 1 aromatic carbocycles. The van der Waals surface area contributed by atoms with Crippen LogP contribution < -0.4 is 5.73 Å². The maximum atomic E-state index is 6.01. The normalized spacial score (nSPS) is 14.2. The van der Waals surface area contributed by atoms with Crippen LogP contribution in [0.2, 0.25) is 0 Å². The fourth-order valence-electron chi connectivity index (χ4n) is 2.20. The molecular formula is C14H17N3. The van der Waals surface area contributed by atoms with Gasteiger partial charge in [0.2, 0.25) is 0 Å². The Morgan fingerprint density at radius 1 is 1.18 bits per heavy atom. The average molecular weight is 227 g/mol. The third kappa shape index (κ3) is 2.06. The second-order valence-corrected chi connectivity index (χ2v) is 4.10. The van der Waals surface area contributed by atoms with Crippen molar-refractivity contribution in [1.82, 2.24) is 9.97 Å². The minimum absolute atomic E-state index is 0.227. The Labute approximate surface area is 102 Å². The van der Waals surface area contributed by atoms with E-state index < -0.39 is 0 Å². The zero-order chi connectivity index (χ0) is 12.1. The SMILES string of the molecule is CCC(CN)(c1ccccc1)c1cnccn1. The lowest BCUT2D eigenvalue weighted by Gasteiger charge is -2.31. The maximum Gasteiger partial charge on any atom is 0.0704 e. The van der Waals surface area contributed by atoms with Gasteiger partial charge in [0.15, 0.2) is 0 Å². The first-order valence-corrected chi connectivity index (χ1v) is 5.85. The van der Waals surface area contributed by atoms with Crippen molar-refractivity contribution in [3.8, 4) is 0 Å². The number of aromatic nitrogens is 2. The lowest BCUT2D eigenvalue weighted by molar-refractivity contribution is 0.490. The second-order valence-electron chi connectivity index (χ2n) is 4.10. The molecule has 2 rings (SSSR count). The van der Waals surface area contributed by atoms with Crippen LogP contribution in [0, 0.1) is 0 Å². The van der Waals surface area contributed by atoms with Crippen molar-refractivity contribution < 1.29 is 0 Å². The van der Waals surface area contributed by atoms with E-state index in [0.717, 1.165) is 12.1 Å². The number of hydrogen-bond donors (Lipinski definition) is 1. The Balaban J connectivity index is 2.54. The molecular weight excluding hydrogens is 210 g/mol. The van der Waals surface area contributed by atoms with Crippen LogP contribution in [0.25, 0.3) is 0 Å². The molecule has 0 saturated heterocycles. The fourth-order valence-corrected chi connectivity index (χ4v) is 2.20. The number of nitrogens with two attached hydrogens (primary N) is 1. The van der Waals surface area contributed by atoms with Crippen LogP contribution in [0.1, 0.15) is 24.6 Å². The van der Waals surface area contributed by atoms with Gasteiger partial charge in [-0.1, -0.05) is 37.3 Å². The molecule has 0 spiro atoms. The summed E-state index contributed by atoms with van der Waals surface area (Å²) in [5.74, 6) is 0. The summed E-state index contributed by atoms with van der Waals surface area (Å²) in [5, 5.41) is 0. The number of benzene rings is 1. The molecule has 2 N–H and O–H groups in total. The van der Waals surface area contributed by atoms with E-state index in [2.05, 4.69) is 29.0 Å². The van der Waals surface area contributed by atoms with Crippen LogP contribution in [-0.4, -0.2) is 16.5 Å².